The molecule has 1 aliphatic heterocycles. The van der Waals surface area contributed by atoms with Crippen LogP contribution in [0.2, 0.25) is 0 Å². The molecule has 0 saturated carbocycles. The Morgan fingerprint density at radius 1 is 0.886 bits per heavy atom. The first kappa shape index (κ1) is 22.0. The van der Waals surface area contributed by atoms with Gasteiger partial charge in [0.05, 0.1) is 13.5 Å². The van der Waals surface area contributed by atoms with E-state index in [4.69, 9.17) is 13.9 Å². The summed E-state index contributed by atoms with van der Waals surface area (Å²) in [4.78, 5) is 25.5. The molecule has 35 heavy (non-hydrogen) atoms. The van der Waals surface area contributed by atoms with E-state index in [9.17, 15) is 35.1 Å². The third-order valence-electron chi connectivity index (χ3n) is 5.91. The van der Waals surface area contributed by atoms with Crippen molar-refractivity contribution in [3.8, 4) is 51.6 Å². The number of benzene rings is 3. The molecule has 0 aliphatic carbocycles. The molecule has 10 nitrogen and oxygen atoms in total. The van der Waals surface area contributed by atoms with Gasteiger partial charge in [0.1, 0.15) is 22.5 Å². The predicted molar refractivity (Wildman–Crippen MR) is 121 cm³/mol. The van der Waals surface area contributed by atoms with Crippen molar-refractivity contribution in [3.05, 3.63) is 63.8 Å². The van der Waals surface area contributed by atoms with Crippen molar-refractivity contribution in [3.63, 3.8) is 0 Å². The normalized spacial score (nSPS) is 15.0. The van der Waals surface area contributed by atoms with Crippen LogP contribution in [0.15, 0.2) is 51.7 Å². The van der Waals surface area contributed by atoms with E-state index < -0.39 is 40.3 Å². The minimum Gasteiger partial charge on any atom is -0.507 e. The Morgan fingerprint density at radius 2 is 1.63 bits per heavy atom. The summed E-state index contributed by atoms with van der Waals surface area (Å²) < 4.78 is 16.4. The van der Waals surface area contributed by atoms with E-state index in [1.165, 1.54) is 25.3 Å². The molecule has 5 rings (SSSR count). The van der Waals surface area contributed by atoms with Crippen LogP contribution in [0.1, 0.15) is 23.5 Å². The molecule has 1 unspecified atom stereocenters. The first-order valence-corrected chi connectivity index (χ1v) is 10.3. The van der Waals surface area contributed by atoms with Crippen molar-refractivity contribution in [1.29, 1.82) is 0 Å². The van der Waals surface area contributed by atoms with Gasteiger partial charge in [-0.3, -0.25) is 9.59 Å². The molecule has 3 aromatic carbocycles. The number of phenolic OH excluding ortho intramolecular Hbond substituents is 4. The monoisotopic (exact) mass is 478 g/mol. The topological polar surface area (TPSA) is 167 Å². The average molecular weight is 478 g/mol. The maximum atomic E-state index is 13.1. The predicted octanol–water partition coefficient (Wildman–Crippen LogP) is 3.44. The molecule has 5 N–H and O–H groups in total. The van der Waals surface area contributed by atoms with Crippen LogP contribution in [0, 0.1) is 0 Å². The smallest absolute Gasteiger partial charge is 0.312 e. The van der Waals surface area contributed by atoms with E-state index in [1.54, 1.807) is 6.07 Å². The number of methoxy groups -OCH3 is 1. The van der Waals surface area contributed by atoms with Gasteiger partial charge < -0.3 is 39.4 Å². The standard InChI is InChI=1S/C25H18O10/c1-33-17-7-10(2-5-14(17)27)12-8-19(30)34-18-9-16(29)21-22(31)23(32)24(35-25(21)20(12)18)11-3-4-13(26)15(28)6-11/h2-7,9,12,26-29,32H,8H2,1H3. The summed E-state index contributed by atoms with van der Waals surface area (Å²) in [5.41, 5.74) is -0.233. The number of carbonyl (C=O) groups is 1. The van der Waals surface area contributed by atoms with Gasteiger partial charge in [0, 0.05) is 23.1 Å². The molecule has 0 fully saturated rings. The van der Waals surface area contributed by atoms with Gasteiger partial charge in [0.2, 0.25) is 11.2 Å². The van der Waals surface area contributed by atoms with Gasteiger partial charge in [-0.15, -0.1) is 0 Å². The fraction of sp³-hybridized carbons (Fsp3) is 0.120. The molecular weight excluding hydrogens is 460 g/mol. The fourth-order valence-electron chi connectivity index (χ4n) is 4.24. The number of hydrogen-bond donors (Lipinski definition) is 5. The first-order chi connectivity index (χ1) is 16.7. The molecule has 1 aromatic heterocycles. The largest absolute Gasteiger partial charge is 0.507 e. The Morgan fingerprint density at radius 3 is 2.34 bits per heavy atom. The second-order valence-electron chi connectivity index (χ2n) is 7.99. The van der Waals surface area contributed by atoms with E-state index in [1.807, 2.05) is 0 Å². The number of carbonyl (C=O) groups excluding carboxylic acids is 1. The molecule has 0 bridgehead atoms. The zero-order valence-electron chi connectivity index (χ0n) is 18.1. The number of rotatable bonds is 3. The minimum absolute atomic E-state index is 0.0448. The van der Waals surface area contributed by atoms with Crippen molar-refractivity contribution >= 4 is 16.9 Å². The molecule has 1 atom stereocenters. The van der Waals surface area contributed by atoms with Crippen LogP contribution in [0.4, 0.5) is 0 Å². The lowest BCUT2D eigenvalue weighted by Gasteiger charge is -2.26. The Hall–Kier alpha value is -4.86. The summed E-state index contributed by atoms with van der Waals surface area (Å²) in [5.74, 6) is -3.98. The van der Waals surface area contributed by atoms with Gasteiger partial charge in [-0.2, -0.15) is 0 Å². The van der Waals surface area contributed by atoms with Crippen LogP contribution >= 0.6 is 0 Å². The number of esters is 1. The number of ether oxygens (including phenoxy) is 2. The minimum atomic E-state index is -0.951. The van der Waals surface area contributed by atoms with Gasteiger partial charge in [-0.1, -0.05) is 6.07 Å². The van der Waals surface area contributed by atoms with Crippen LogP contribution in [-0.4, -0.2) is 38.6 Å². The number of hydrogen-bond acceptors (Lipinski definition) is 10. The highest BCUT2D eigenvalue weighted by Gasteiger charge is 2.35. The summed E-state index contributed by atoms with van der Waals surface area (Å²) in [6.45, 7) is 0. The average Bonchev–Trinajstić information content (AvgIpc) is 2.82. The lowest BCUT2D eigenvalue weighted by Crippen LogP contribution is -2.22. The Kier molecular flexibility index (Phi) is 4.94. The first-order valence-electron chi connectivity index (χ1n) is 10.3. The van der Waals surface area contributed by atoms with Gasteiger partial charge in [-0.05, 0) is 35.9 Å². The molecule has 0 radical (unpaired) electrons. The van der Waals surface area contributed by atoms with Crippen LogP contribution in [0.3, 0.4) is 0 Å². The fourth-order valence-corrected chi connectivity index (χ4v) is 4.24. The molecule has 178 valence electrons. The number of fused-ring (bicyclic) bond motifs is 3. The Bertz CT molecular complexity index is 1580. The summed E-state index contributed by atoms with van der Waals surface area (Å²) in [7, 11) is 1.37. The second kappa shape index (κ2) is 7.87. The maximum absolute atomic E-state index is 13.1. The van der Waals surface area contributed by atoms with Gasteiger partial charge >= 0.3 is 5.97 Å². The van der Waals surface area contributed by atoms with E-state index >= 15 is 0 Å². The zero-order chi connectivity index (χ0) is 25.0. The molecule has 0 saturated heterocycles. The van der Waals surface area contributed by atoms with Gasteiger partial charge in [0.25, 0.3) is 0 Å². The summed E-state index contributed by atoms with van der Waals surface area (Å²) in [6, 6.07) is 9.15. The number of phenols is 4. The van der Waals surface area contributed by atoms with E-state index in [0.29, 0.717) is 5.56 Å². The van der Waals surface area contributed by atoms with E-state index in [-0.39, 0.29) is 51.5 Å². The molecule has 10 heteroatoms. The van der Waals surface area contributed by atoms with E-state index in [2.05, 4.69) is 0 Å². The molecule has 0 spiro atoms. The van der Waals surface area contributed by atoms with Crippen molar-refractivity contribution in [2.75, 3.05) is 7.11 Å². The highest BCUT2D eigenvalue weighted by atomic mass is 16.5. The summed E-state index contributed by atoms with van der Waals surface area (Å²) >= 11 is 0. The van der Waals surface area contributed by atoms with E-state index in [0.717, 1.165) is 18.2 Å². The van der Waals surface area contributed by atoms with Crippen LogP contribution < -0.4 is 14.9 Å². The van der Waals surface area contributed by atoms with Crippen molar-refractivity contribution in [2.24, 2.45) is 0 Å². The zero-order valence-corrected chi connectivity index (χ0v) is 18.1. The lowest BCUT2D eigenvalue weighted by molar-refractivity contribution is -0.135. The SMILES string of the molecule is COc1cc(C2CC(=O)Oc3cc(O)c4c(=O)c(O)c(-c5ccc(O)c(O)c5)oc4c32)ccc1O. The van der Waals surface area contributed by atoms with Crippen LogP contribution in [0.25, 0.3) is 22.3 Å². The molecule has 1 aliphatic rings. The van der Waals surface area contributed by atoms with Crippen molar-refractivity contribution in [2.45, 2.75) is 12.3 Å². The second-order valence-corrected chi connectivity index (χ2v) is 7.99. The van der Waals surface area contributed by atoms with Crippen LogP contribution in [0.5, 0.6) is 40.2 Å². The molecule has 0 amide bonds. The summed E-state index contributed by atoms with van der Waals surface area (Å²) in [5, 5.41) is 50.3. The number of aromatic hydroxyl groups is 5. The van der Waals surface area contributed by atoms with Crippen molar-refractivity contribution in [1.82, 2.24) is 0 Å². The van der Waals surface area contributed by atoms with Gasteiger partial charge in [-0.25, -0.2) is 0 Å². The molecule has 4 aromatic rings. The van der Waals surface area contributed by atoms with Gasteiger partial charge in [0.15, 0.2) is 28.8 Å². The lowest BCUT2D eigenvalue weighted by atomic mass is 9.85. The quantitative estimate of drug-likeness (QED) is 0.167. The highest BCUT2D eigenvalue weighted by Crippen LogP contribution is 2.48. The van der Waals surface area contributed by atoms with Crippen LogP contribution in [-0.2, 0) is 4.79 Å². The third kappa shape index (κ3) is 3.43. The Balaban J connectivity index is 1.84. The maximum Gasteiger partial charge on any atom is 0.312 e. The van der Waals surface area contributed by atoms with Crippen molar-refractivity contribution < 1.29 is 44.2 Å². The third-order valence-corrected chi connectivity index (χ3v) is 5.91. The highest BCUT2D eigenvalue weighted by molar-refractivity contribution is 5.94. The summed E-state index contributed by atoms with van der Waals surface area (Å²) in [6.07, 6.45) is -0.152. The molecule has 2 heterocycles. The molecular formula is C25H18O10. The Labute approximate surface area is 196 Å².